The van der Waals surface area contributed by atoms with E-state index in [1.165, 1.54) is 0 Å². The molecule has 1 aliphatic carbocycles. The number of pyridine rings is 1. The minimum Gasteiger partial charge on any atom is -0.472 e. The fourth-order valence-corrected chi connectivity index (χ4v) is 1.64. The van der Waals surface area contributed by atoms with Gasteiger partial charge in [-0.1, -0.05) is 0 Å². The van der Waals surface area contributed by atoms with E-state index in [2.05, 4.69) is 10.3 Å². The summed E-state index contributed by atoms with van der Waals surface area (Å²) < 4.78 is 5.00. The number of hydrogen-bond acceptors (Lipinski definition) is 3. The van der Waals surface area contributed by atoms with Crippen molar-refractivity contribution in [2.45, 2.75) is 18.9 Å². The van der Waals surface area contributed by atoms with E-state index in [0.29, 0.717) is 11.6 Å². The standard InChI is InChI=1S/C13H12N2O2/c16-13(15-11-1-2-11)9-3-5-14-12(7-9)10-4-6-17-8-10/h3-8,11H,1-2H2,(H,15,16). The molecule has 0 radical (unpaired) electrons. The fraction of sp³-hybridized carbons (Fsp3) is 0.231. The number of nitrogens with one attached hydrogen (secondary N) is 1. The molecule has 1 fully saturated rings. The molecule has 2 heterocycles. The predicted octanol–water partition coefficient (Wildman–Crippen LogP) is 2.23. The molecule has 17 heavy (non-hydrogen) atoms. The molecule has 0 bridgehead atoms. The Labute approximate surface area is 98.7 Å². The number of hydrogen-bond donors (Lipinski definition) is 1. The molecule has 0 aliphatic heterocycles. The van der Waals surface area contributed by atoms with Crippen LogP contribution in [0.15, 0.2) is 41.3 Å². The quantitative estimate of drug-likeness (QED) is 0.876. The maximum atomic E-state index is 11.9. The van der Waals surface area contributed by atoms with Gasteiger partial charge in [-0.25, -0.2) is 0 Å². The lowest BCUT2D eigenvalue weighted by atomic mass is 10.1. The second-order valence-electron chi connectivity index (χ2n) is 4.19. The van der Waals surface area contributed by atoms with Crippen LogP contribution in [-0.4, -0.2) is 16.9 Å². The molecule has 1 aliphatic rings. The Bertz CT molecular complexity index is 530. The number of carbonyl (C=O) groups is 1. The van der Waals surface area contributed by atoms with Crippen LogP contribution in [0.1, 0.15) is 23.2 Å². The molecule has 1 amide bonds. The van der Waals surface area contributed by atoms with Crippen LogP contribution in [0, 0.1) is 0 Å². The van der Waals surface area contributed by atoms with Gasteiger partial charge in [0.15, 0.2) is 0 Å². The Kier molecular flexibility index (Phi) is 2.40. The van der Waals surface area contributed by atoms with E-state index in [0.717, 1.165) is 24.1 Å². The number of rotatable bonds is 3. The van der Waals surface area contributed by atoms with Gasteiger partial charge in [0.25, 0.3) is 5.91 Å². The molecule has 86 valence electrons. The van der Waals surface area contributed by atoms with Gasteiger partial charge in [0.2, 0.25) is 0 Å². The Morgan fingerprint density at radius 1 is 1.41 bits per heavy atom. The topological polar surface area (TPSA) is 55.1 Å². The van der Waals surface area contributed by atoms with Gasteiger partial charge in [-0.15, -0.1) is 0 Å². The molecule has 4 heteroatoms. The Balaban J connectivity index is 1.85. The molecule has 0 atom stereocenters. The van der Waals surface area contributed by atoms with Crippen LogP contribution < -0.4 is 5.32 Å². The predicted molar refractivity (Wildman–Crippen MR) is 62.4 cm³/mol. The van der Waals surface area contributed by atoms with Crippen molar-refractivity contribution in [1.82, 2.24) is 10.3 Å². The zero-order chi connectivity index (χ0) is 11.7. The highest BCUT2D eigenvalue weighted by Gasteiger charge is 2.23. The van der Waals surface area contributed by atoms with Gasteiger partial charge in [-0.3, -0.25) is 9.78 Å². The van der Waals surface area contributed by atoms with Crippen LogP contribution >= 0.6 is 0 Å². The van der Waals surface area contributed by atoms with Crippen LogP contribution in [0.25, 0.3) is 11.3 Å². The van der Waals surface area contributed by atoms with Crippen molar-refractivity contribution < 1.29 is 9.21 Å². The monoisotopic (exact) mass is 228 g/mol. The normalized spacial score (nSPS) is 14.6. The van der Waals surface area contributed by atoms with E-state index in [-0.39, 0.29) is 5.91 Å². The lowest BCUT2D eigenvalue weighted by Gasteiger charge is -2.04. The maximum absolute atomic E-state index is 11.9. The molecule has 0 saturated heterocycles. The minimum absolute atomic E-state index is 0.0281. The number of amides is 1. The van der Waals surface area contributed by atoms with Crippen LogP contribution in [0.5, 0.6) is 0 Å². The highest BCUT2D eigenvalue weighted by atomic mass is 16.3. The summed E-state index contributed by atoms with van der Waals surface area (Å²) in [5.74, 6) is -0.0281. The zero-order valence-corrected chi connectivity index (χ0v) is 9.22. The summed E-state index contributed by atoms with van der Waals surface area (Å²) in [7, 11) is 0. The molecule has 2 aromatic rings. The smallest absolute Gasteiger partial charge is 0.251 e. The summed E-state index contributed by atoms with van der Waals surface area (Å²) in [6.45, 7) is 0. The van der Waals surface area contributed by atoms with E-state index >= 15 is 0 Å². The SMILES string of the molecule is O=C(NC1CC1)c1ccnc(-c2ccoc2)c1. The van der Waals surface area contributed by atoms with Crippen molar-refractivity contribution >= 4 is 5.91 Å². The van der Waals surface area contributed by atoms with Crippen LogP contribution in [0.4, 0.5) is 0 Å². The van der Waals surface area contributed by atoms with Crippen molar-refractivity contribution in [3.8, 4) is 11.3 Å². The number of aromatic nitrogens is 1. The summed E-state index contributed by atoms with van der Waals surface area (Å²) in [5, 5.41) is 2.95. The van der Waals surface area contributed by atoms with Crippen molar-refractivity contribution in [3.05, 3.63) is 42.5 Å². The van der Waals surface area contributed by atoms with Crippen LogP contribution in [0.3, 0.4) is 0 Å². The van der Waals surface area contributed by atoms with Gasteiger partial charge in [0.05, 0.1) is 18.2 Å². The molecule has 0 aromatic carbocycles. The molecule has 0 unspecified atom stereocenters. The van der Waals surface area contributed by atoms with Gasteiger partial charge in [-0.05, 0) is 31.0 Å². The van der Waals surface area contributed by atoms with E-state index in [1.807, 2.05) is 6.07 Å². The van der Waals surface area contributed by atoms with Crippen molar-refractivity contribution in [2.75, 3.05) is 0 Å². The van der Waals surface area contributed by atoms with Crippen LogP contribution in [-0.2, 0) is 0 Å². The van der Waals surface area contributed by atoms with Gasteiger partial charge in [0, 0.05) is 23.4 Å². The molecule has 2 aromatic heterocycles. The van der Waals surface area contributed by atoms with Crippen molar-refractivity contribution in [1.29, 1.82) is 0 Å². The summed E-state index contributed by atoms with van der Waals surface area (Å²) in [6.07, 6.45) is 7.03. The van der Waals surface area contributed by atoms with Crippen molar-refractivity contribution in [2.24, 2.45) is 0 Å². The number of nitrogens with zero attached hydrogens (tertiary/aromatic N) is 1. The number of furan rings is 1. The summed E-state index contributed by atoms with van der Waals surface area (Å²) in [5.41, 5.74) is 2.27. The summed E-state index contributed by atoms with van der Waals surface area (Å²) >= 11 is 0. The third-order valence-electron chi connectivity index (χ3n) is 2.75. The van der Waals surface area contributed by atoms with Gasteiger partial charge < -0.3 is 9.73 Å². The third-order valence-corrected chi connectivity index (χ3v) is 2.75. The van der Waals surface area contributed by atoms with Gasteiger partial charge in [0.1, 0.15) is 0 Å². The van der Waals surface area contributed by atoms with Gasteiger partial charge in [-0.2, -0.15) is 0 Å². The fourth-order valence-electron chi connectivity index (χ4n) is 1.64. The summed E-state index contributed by atoms with van der Waals surface area (Å²) in [4.78, 5) is 16.1. The molecule has 1 saturated carbocycles. The van der Waals surface area contributed by atoms with E-state index in [4.69, 9.17) is 4.42 Å². The first-order valence-corrected chi connectivity index (χ1v) is 5.62. The maximum Gasteiger partial charge on any atom is 0.251 e. The Morgan fingerprint density at radius 2 is 2.29 bits per heavy atom. The second-order valence-corrected chi connectivity index (χ2v) is 4.19. The van der Waals surface area contributed by atoms with Crippen LogP contribution in [0.2, 0.25) is 0 Å². The molecule has 1 N–H and O–H groups in total. The molecular formula is C13H12N2O2. The highest BCUT2D eigenvalue weighted by molar-refractivity contribution is 5.95. The lowest BCUT2D eigenvalue weighted by molar-refractivity contribution is 0.0951. The molecule has 3 rings (SSSR count). The molecule has 0 spiro atoms. The second kappa shape index (κ2) is 4.05. The Morgan fingerprint density at radius 3 is 3.00 bits per heavy atom. The average molecular weight is 228 g/mol. The first-order chi connectivity index (χ1) is 8.33. The summed E-state index contributed by atoms with van der Waals surface area (Å²) in [6, 6.07) is 5.70. The first kappa shape index (κ1) is 10.1. The van der Waals surface area contributed by atoms with E-state index in [9.17, 15) is 4.79 Å². The van der Waals surface area contributed by atoms with Gasteiger partial charge >= 0.3 is 0 Å². The van der Waals surface area contributed by atoms with E-state index in [1.54, 1.807) is 30.9 Å². The lowest BCUT2D eigenvalue weighted by Crippen LogP contribution is -2.25. The third kappa shape index (κ3) is 2.20. The average Bonchev–Trinajstić information content (AvgIpc) is 3.00. The molecular weight excluding hydrogens is 216 g/mol. The minimum atomic E-state index is -0.0281. The first-order valence-electron chi connectivity index (χ1n) is 5.62. The highest BCUT2D eigenvalue weighted by Crippen LogP contribution is 2.21. The number of carbonyl (C=O) groups excluding carboxylic acids is 1. The van der Waals surface area contributed by atoms with Crippen molar-refractivity contribution in [3.63, 3.8) is 0 Å². The van der Waals surface area contributed by atoms with E-state index < -0.39 is 0 Å². The molecule has 4 nitrogen and oxygen atoms in total. The zero-order valence-electron chi connectivity index (χ0n) is 9.22. The Hall–Kier alpha value is -2.10. The largest absolute Gasteiger partial charge is 0.472 e.